The predicted molar refractivity (Wildman–Crippen MR) is 87.8 cm³/mol. The van der Waals surface area contributed by atoms with Gasteiger partial charge in [0.1, 0.15) is 6.61 Å². The van der Waals surface area contributed by atoms with Crippen LogP contribution in [-0.4, -0.2) is 32.8 Å². The van der Waals surface area contributed by atoms with Crippen molar-refractivity contribution in [3.8, 4) is 11.5 Å². The van der Waals surface area contributed by atoms with E-state index in [1.54, 1.807) is 31.2 Å². The first-order valence-electron chi connectivity index (χ1n) is 7.30. The Morgan fingerprint density at radius 3 is 2.71 bits per heavy atom. The Kier molecular flexibility index (Phi) is 5.47. The molecule has 2 amide bonds. The van der Waals surface area contributed by atoms with Crippen molar-refractivity contribution in [2.45, 2.75) is 13.0 Å². The molecule has 0 aliphatic carbocycles. The fraction of sp³-hybridized carbons (Fsp3) is 0.294. The zero-order valence-corrected chi connectivity index (χ0v) is 13.8. The second-order valence-electron chi connectivity index (χ2n) is 5.07. The zero-order valence-electron chi connectivity index (χ0n) is 13.8. The van der Waals surface area contributed by atoms with Crippen LogP contribution in [0.3, 0.4) is 0 Å². The number of ether oxygens (including phenoxy) is 3. The Labute approximate surface area is 140 Å². The summed E-state index contributed by atoms with van der Waals surface area (Å²) >= 11 is 0. The fourth-order valence-corrected chi connectivity index (χ4v) is 2.46. The van der Waals surface area contributed by atoms with Crippen molar-refractivity contribution in [1.29, 1.82) is 0 Å². The third kappa shape index (κ3) is 3.51. The summed E-state index contributed by atoms with van der Waals surface area (Å²) in [5, 5.41) is 5.29. The molecule has 0 fully saturated rings. The van der Waals surface area contributed by atoms with Gasteiger partial charge >= 0.3 is 12.0 Å². The Hall–Kier alpha value is -2.96. The third-order valence-corrected chi connectivity index (χ3v) is 3.55. The van der Waals surface area contributed by atoms with E-state index < -0.39 is 18.0 Å². The standard InChI is InChI=1S/C17H20N2O5/c1-5-8-24-12-7-6-11(9-13(12)22-3)15-14(16(20)23-4)10(2)18-17(21)19-15/h5-7,9,15H,1,8H2,2-4H3,(H2,18,19,21)/t15-/m0/s1. The third-order valence-electron chi connectivity index (χ3n) is 3.55. The van der Waals surface area contributed by atoms with Gasteiger partial charge in [0.05, 0.1) is 25.8 Å². The number of rotatable bonds is 6. The van der Waals surface area contributed by atoms with E-state index in [9.17, 15) is 9.59 Å². The molecule has 1 atom stereocenters. The van der Waals surface area contributed by atoms with Gasteiger partial charge in [-0.15, -0.1) is 0 Å². The van der Waals surface area contributed by atoms with Crippen LogP contribution in [0, 0.1) is 0 Å². The molecule has 0 radical (unpaired) electrons. The van der Waals surface area contributed by atoms with E-state index in [0.29, 0.717) is 34.9 Å². The number of amides is 2. The molecule has 1 aliphatic rings. The van der Waals surface area contributed by atoms with Crippen LogP contribution in [0.4, 0.5) is 4.79 Å². The molecule has 0 unspecified atom stereocenters. The molecule has 128 valence electrons. The lowest BCUT2D eigenvalue weighted by Gasteiger charge is -2.28. The number of urea groups is 1. The van der Waals surface area contributed by atoms with Crippen LogP contribution in [0.15, 0.2) is 42.1 Å². The van der Waals surface area contributed by atoms with E-state index in [-0.39, 0.29) is 0 Å². The number of esters is 1. The first kappa shape index (κ1) is 17.4. The van der Waals surface area contributed by atoms with Crippen LogP contribution in [0.25, 0.3) is 0 Å². The van der Waals surface area contributed by atoms with E-state index in [4.69, 9.17) is 14.2 Å². The number of hydrogen-bond acceptors (Lipinski definition) is 5. The normalized spacial score (nSPS) is 16.8. The summed E-state index contributed by atoms with van der Waals surface area (Å²) in [6.07, 6.45) is 1.63. The Morgan fingerprint density at radius 1 is 1.33 bits per heavy atom. The maximum absolute atomic E-state index is 12.1. The van der Waals surface area contributed by atoms with Gasteiger partial charge in [0.15, 0.2) is 11.5 Å². The van der Waals surface area contributed by atoms with Crippen LogP contribution < -0.4 is 20.1 Å². The molecule has 7 heteroatoms. The number of allylic oxidation sites excluding steroid dienone is 1. The average molecular weight is 332 g/mol. The van der Waals surface area contributed by atoms with Gasteiger partial charge in [0, 0.05) is 5.70 Å². The Balaban J connectivity index is 2.44. The Bertz CT molecular complexity index is 696. The van der Waals surface area contributed by atoms with Gasteiger partial charge < -0.3 is 24.8 Å². The van der Waals surface area contributed by atoms with Crippen LogP contribution in [0.5, 0.6) is 11.5 Å². The van der Waals surface area contributed by atoms with Crippen molar-refractivity contribution in [2.75, 3.05) is 20.8 Å². The van der Waals surface area contributed by atoms with E-state index in [0.717, 1.165) is 0 Å². The second kappa shape index (κ2) is 7.54. The minimum absolute atomic E-state index is 0.332. The lowest BCUT2D eigenvalue weighted by atomic mass is 9.95. The highest BCUT2D eigenvalue weighted by molar-refractivity contribution is 5.94. The molecule has 1 aromatic carbocycles. The monoisotopic (exact) mass is 332 g/mol. The van der Waals surface area contributed by atoms with Crippen molar-refractivity contribution >= 4 is 12.0 Å². The number of benzene rings is 1. The second-order valence-corrected chi connectivity index (χ2v) is 5.07. The highest BCUT2D eigenvalue weighted by atomic mass is 16.5. The Morgan fingerprint density at radius 2 is 2.08 bits per heavy atom. The maximum Gasteiger partial charge on any atom is 0.337 e. The zero-order chi connectivity index (χ0) is 17.7. The highest BCUT2D eigenvalue weighted by Gasteiger charge is 2.32. The molecule has 0 saturated carbocycles. The van der Waals surface area contributed by atoms with Gasteiger partial charge in [-0.1, -0.05) is 18.7 Å². The first-order chi connectivity index (χ1) is 11.5. The molecule has 1 heterocycles. The molecule has 0 spiro atoms. The van der Waals surface area contributed by atoms with Gasteiger partial charge in [-0.2, -0.15) is 0 Å². The van der Waals surface area contributed by atoms with E-state index in [1.165, 1.54) is 14.2 Å². The summed E-state index contributed by atoms with van der Waals surface area (Å²) in [6, 6.07) is 4.15. The molecular weight excluding hydrogens is 312 g/mol. The first-order valence-corrected chi connectivity index (χ1v) is 7.30. The summed E-state index contributed by atoms with van der Waals surface area (Å²) < 4.78 is 15.7. The summed E-state index contributed by atoms with van der Waals surface area (Å²) in [7, 11) is 2.81. The van der Waals surface area contributed by atoms with Gasteiger partial charge in [-0.3, -0.25) is 0 Å². The SMILES string of the molecule is C=CCOc1ccc([C@@H]2NC(=O)NC(C)=C2C(=O)OC)cc1OC. The molecule has 1 aromatic rings. The molecule has 2 rings (SSSR count). The lowest BCUT2D eigenvalue weighted by Crippen LogP contribution is -2.45. The van der Waals surface area contributed by atoms with Gasteiger partial charge in [-0.05, 0) is 24.6 Å². The van der Waals surface area contributed by atoms with Crippen molar-refractivity contribution in [2.24, 2.45) is 0 Å². The van der Waals surface area contributed by atoms with Crippen LogP contribution >= 0.6 is 0 Å². The fourth-order valence-electron chi connectivity index (χ4n) is 2.46. The van der Waals surface area contributed by atoms with Gasteiger partial charge in [0.25, 0.3) is 0 Å². The van der Waals surface area contributed by atoms with E-state index in [1.807, 2.05) is 0 Å². The number of hydrogen-bond donors (Lipinski definition) is 2. The minimum atomic E-state index is -0.645. The molecular formula is C17H20N2O5. The summed E-state index contributed by atoms with van der Waals surface area (Å²) in [5.74, 6) is 0.515. The van der Waals surface area contributed by atoms with Gasteiger partial charge in [0.2, 0.25) is 0 Å². The van der Waals surface area contributed by atoms with E-state index in [2.05, 4.69) is 17.2 Å². The number of carbonyl (C=O) groups is 2. The number of nitrogens with one attached hydrogen (secondary N) is 2. The van der Waals surface area contributed by atoms with Crippen molar-refractivity contribution in [1.82, 2.24) is 10.6 Å². The maximum atomic E-state index is 12.1. The molecule has 0 aromatic heterocycles. The topological polar surface area (TPSA) is 85.9 Å². The molecule has 1 aliphatic heterocycles. The van der Waals surface area contributed by atoms with Crippen LogP contribution in [0.2, 0.25) is 0 Å². The molecule has 0 saturated heterocycles. The average Bonchev–Trinajstić information content (AvgIpc) is 2.58. The van der Waals surface area contributed by atoms with Crippen molar-refractivity contribution in [3.05, 3.63) is 47.7 Å². The molecule has 0 bridgehead atoms. The van der Waals surface area contributed by atoms with E-state index >= 15 is 0 Å². The number of methoxy groups -OCH3 is 2. The lowest BCUT2D eigenvalue weighted by molar-refractivity contribution is -0.136. The molecule has 7 nitrogen and oxygen atoms in total. The van der Waals surface area contributed by atoms with Crippen LogP contribution in [0.1, 0.15) is 18.5 Å². The molecule has 2 N–H and O–H groups in total. The molecule has 24 heavy (non-hydrogen) atoms. The van der Waals surface area contributed by atoms with Gasteiger partial charge in [-0.25, -0.2) is 9.59 Å². The highest BCUT2D eigenvalue weighted by Crippen LogP contribution is 2.34. The summed E-state index contributed by atoms with van der Waals surface area (Å²) in [6.45, 7) is 5.59. The summed E-state index contributed by atoms with van der Waals surface area (Å²) in [4.78, 5) is 23.9. The quantitative estimate of drug-likeness (QED) is 0.615. The predicted octanol–water partition coefficient (Wildman–Crippen LogP) is 2.06. The summed E-state index contributed by atoms with van der Waals surface area (Å²) in [5.41, 5.74) is 1.45. The smallest absolute Gasteiger partial charge is 0.337 e. The number of carbonyl (C=O) groups excluding carboxylic acids is 2. The van der Waals surface area contributed by atoms with Crippen molar-refractivity contribution in [3.63, 3.8) is 0 Å². The largest absolute Gasteiger partial charge is 0.493 e. The van der Waals surface area contributed by atoms with Crippen molar-refractivity contribution < 1.29 is 23.8 Å². The van der Waals surface area contributed by atoms with Crippen LogP contribution in [-0.2, 0) is 9.53 Å². The minimum Gasteiger partial charge on any atom is -0.493 e.